The van der Waals surface area contributed by atoms with E-state index in [9.17, 15) is 9.90 Å². The number of hydrogen-bond acceptors (Lipinski definition) is 5. The molecule has 3 aromatic rings. The Kier molecular flexibility index (Phi) is 3.89. The summed E-state index contributed by atoms with van der Waals surface area (Å²) in [5, 5.41) is 11.7. The van der Waals surface area contributed by atoms with Gasteiger partial charge in [0.05, 0.1) is 17.2 Å². The van der Waals surface area contributed by atoms with Gasteiger partial charge in [-0.3, -0.25) is 9.78 Å². The lowest BCUT2D eigenvalue weighted by atomic mass is 9.91. The van der Waals surface area contributed by atoms with Crippen molar-refractivity contribution in [1.82, 2.24) is 9.97 Å². The maximum Gasteiger partial charge on any atom is 0.266 e. The summed E-state index contributed by atoms with van der Waals surface area (Å²) in [7, 11) is 0. The van der Waals surface area contributed by atoms with Crippen molar-refractivity contribution < 1.29 is 9.84 Å². The molecule has 3 aromatic heterocycles. The second-order valence-electron chi connectivity index (χ2n) is 6.59. The number of nitrogens with zero attached hydrogens (tertiary/aromatic N) is 1. The average molecular weight is 356 g/mol. The first-order valence-electron chi connectivity index (χ1n) is 8.50. The van der Waals surface area contributed by atoms with Gasteiger partial charge in [0, 0.05) is 17.8 Å². The number of hydrogen-bond donors (Lipinski definition) is 2. The molecule has 1 aliphatic rings. The summed E-state index contributed by atoms with van der Waals surface area (Å²) < 4.78 is 6.72. The zero-order chi connectivity index (χ0) is 17.6. The highest BCUT2D eigenvalue weighted by molar-refractivity contribution is 7.22. The molecule has 0 aliphatic carbocycles. The lowest BCUT2D eigenvalue weighted by Gasteiger charge is -2.24. The second kappa shape index (κ2) is 5.97. The molecular weight excluding hydrogens is 336 g/mol. The normalized spacial score (nSPS) is 16.3. The maximum atomic E-state index is 12.7. The molecule has 0 fully saturated rings. The van der Waals surface area contributed by atoms with E-state index in [1.165, 1.54) is 11.3 Å². The Morgan fingerprint density at radius 1 is 1.40 bits per heavy atom. The SMILES string of the molecule is CC[C@](C)(O)c1[nH]c(=O)c2sc(-c3ccncc3)c3c2c1CCCO3. The van der Waals surface area contributed by atoms with Crippen LogP contribution < -0.4 is 10.3 Å². The Morgan fingerprint density at radius 2 is 2.16 bits per heavy atom. The summed E-state index contributed by atoms with van der Waals surface area (Å²) in [5.41, 5.74) is 1.38. The summed E-state index contributed by atoms with van der Waals surface area (Å²) in [6, 6.07) is 3.85. The van der Waals surface area contributed by atoms with Crippen LogP contribution in [-0.2, 0) is 12.0 Å². The van der Waals surface area contributed by atoms with Gasteiger partial charge < -0.3 is 14.8 Å². The van der Waals surface area contributed by atoms with Crippen molar-refractivity contribution in [2.75, 3.05) is 6.61 Å². The van der Waals surface area contributed by atoms with E-state index in [1.807, 2.05) is 19.1 Å². The van der Waals surface area contributed by atoms with Crippen LogP contribution in [0.5, 0.6) is 5.75 Å². The van der Waals surface area contributed by atoms with Crippen molar-refractivity contribution in [3.63, 3.8) is 0 Å². The van der Waals surface area contributed by atoms with Gasteiger partial charge in [0.15, 0.2) is 0 Å². The van der Waals surface area contributed by atoms with Crippen LogP contribution in [0.15, 0.2) is 29.3 Å². The Morgan fingerprint density at radius 3 is 2.88 bits per heavy atom. The molecule has 0 saturated carbocycles. The average Bonchev–Trinajstić information content (AvgIpc) is 2.87. The van der Waals surface area contributed by atoms with Gasteiger partial charge in [-0.1, -0.05) is 6.92 Å². The van der Waals surface area contributed by atoms with E-state index in [-0.39, 0.29) is 5.56 Å². The minimum Gasteiger partial charge on any atom is -0.491 e. The van der Waals surface area contributed by atoms with Gasteiger partial charge in [0.1, 0.15) is 16.1 Å². The molecule has 1 atom stereocenters. The van der Waals surface area contributed by atoms with Crippen LogP contribution in [0.2, 0.25) is 0 Å². The van der Waals surface area contributed by atoms with E-state index < -0.39 is 5.60 Å². The number of ether oxygens (including phenoxy) is 1. The van der Waals surface area contributed by atoms with Crippen molar-refractivity contribution in [2.24, 2.45) is 0 Å². The molecule has 0 bridgehead atoms. The summed E-state index contributed by atoms with van der Waals surface area (Å²) in [4.78, 5) is 20.7. The van der Waals surface area contributed by atoms with Crippen LogP contribution in [0.25, 0.3) is 20.5 Å². The number of pyridine rings is 2. The van der Waals surface area contributed by atoms with Crippen molar-refractivity contribution in [3.8, 4) is 16.2 Å². The fourth-order valence-corrected chi connectivity index (χ4v) is 4.53. The number of aromatic amines is 1. The molecule has 0 radical (unpaired) electrons. The predicted molar refractivity (Wildman–Crippen MR) is 99.4 cm³/mol. The first kappa shape index (κ1) is 16.3. The molecule has 2 N–H and O–H groups in total. The molecule has 130 valence electrons. The third-order valence-electron chi connectivity index (χ3n) is 4.90. The van der Waals surface area contributed by atoms with E-state index in [4.69, 9.17) is 4.74 Å². The number of nitrogens with one attached hydrogen (secondary N) is 1. The largest absolute Gasteiger partial charge is 0.491 e. The summed E-state index contributed by atoms with van der Waals surface area (Å²) in [6.07, 6.45) is 5.63. The van der Waals surface area contributed by atoms with Crippen molar-refractivity contribution in [2.45, 2.75) is 38.7 Å². The fraction of sp³-hybridized carbons (Fsp3) is 0.368. The van der Waals surface area contributed by atoms with Crippen LogP contribution in [0, 0.1) is 0 Å². The van der Waals surface area contributed by atoms with Crippen molar-refractivity contribution in [1.29, 1.82) is 0 Å². The number of aliphatic hydroxyl groups is 1. The molecule has 4 heterocycles. The van der Waals surface area contributed by atoms with Crippen LogP contribution in [-0.4, -0.2) is 21.7 Å². The van der Waals surface area contributed by atoms with Gasteiger partial charge in [-0.15, -0.1) is 11.3 Å². The highest BCUT2D eigenvalue weighted by Crippen LogP contribution is 2.47. The third-order valence-corrected chi connectivity index (χ3v) is 6.12. The Hall–Kier alpha value is -2.18. The van der Waals surface area contributed by atoms with E-state index >= 15 is 0 Å². The minimum absolute atomic E-state index is 0.167. The van der Waals surface area contributed by atoms with Crippen LogP contribution in [0.3, 0.4) is 0 Å². The van der Waals surface area contributed by atoms with Crippen LogP contribution in [0.1, 0.15) is 37.9 Å². The maximum absolute atomic E-state index is 12.7. The van der Waals surface area contributed by atoms with Crippen LogP contribution >= 0.6 is 11.3 Å². The molecule has 0 spiro atoms. The van der Waals surface area contributed by atoms with Gasteiger partial charge in [-0.05, 0) is 49.4 Å². The third kappa shape index (κ3) is 2.56. The molecule has 0 unspecified atom stereocenters. The number of rotatable bonds is 3. The number of aryl methyl sites for hydroxylation is 1. The smallest absolute Gasteiger partial charge is 0.266 e. The minimum atomic E-state index is -1.07. The van der Waals surface area contributed by atoms with Crippen LogP contribution in [0.4, 0.5) is 0 Å². The highest BCUT2D eigenvalue weighted by Gasteiger charge is 2.31. The second-order valence-corrected chi connectivity index (χ2v) is 7.61. The first-order chi connectivity index (χ1) is 12.0. The summed E-state index contributed by atoms with van der Waals surface area (Å²) in [6.45, 7) is 4.27. The van der Waals surface area contributed by atoms with Gasteiger partial charge >= 0.3 is 0 Å². The molecule has 25 heavy (non-hydrogen) atoms. The molecular formula is C19H20N2O3S. The zero-order valence-corrected chi connectivity index (χ0v) is 15.1. The molecule has 5 nitrogen and oxygen atoms in total. The molecule has 4 rings (SSSR count). The molecule has 1 aliphatic heterocycles. The summed E-state index contributed by atoms with van der Waals surface area (Å²) >= 11 is 1.44. The quantitative estimate of drug-likeness (QED) is 0.752. The van der Waals surface area contributed by atoms with Gasteiger partial charge in [0.2, 0.25) is 0 Å². The highest BCUT2D eigenvalue weighted by atomic mass is 32.1. The Labute approximate surface area is 149 Å². The fourth-order valence-electron chi connectivity index (χ4n) is 3.36. The monoisotopic (exact) mass is 356 g/mol. The Bertz CT molecular complexity index is 989. The van der Waals surface area contributed by atoms with E-state index in [1.54, 1.807) is 19.3 Å². The van der Waals surface area contributed by atoms with E-state index in [2.05, 4.69) is 9.97 Å². The number of H-pyrrole nitrogens is 1. The van der Waals surface area contributed by atoms with Gasteiger partial charge in [-0.25, -0.2) is 0 Å². The standard InChI is InChI=1S/C19H20N2O3S/c1-3-19(2,23)17-12-5-4-10-24-14-13(12)16(18(22)21-17)25-15(14)11-6-8-20-9-7-11/h6-9,23H,3-5,10H2,1-2H3,(H,21,22)/t19-/m0/s1. The van der Waals surface area contributed by atoms with Crippen molar-refractivity contribution in [3.05, 3.63) is 46.1 Å². The molecule has 0 aromatic carbocycles. The topological polar surface area (TPSA) is 75.2 Å². The van der Waals surface area contributed by atoms with E-state index in [0.717, 1.165) is 40.0 Å². The molecule has 0 amide bonds. The van der Waals surface area contributed by atoms with Crippen molar-refractivity contribution >= 4 is 21.4 Å². The van der Waals surface area contributed by atoms with Gasteiger partial charge in [0.25, 0.3) is 5.56 Å². The molecule has 0 saturated heterocycles. The zero-order valence-electron chi connectivity index (χ0n) is 14.3. The lowest BCUT2D eigenvalue weighted by molar-refractivity contribution is 0.0475. The lowest BCUT2D eigenvalue weighted by Crippen LogP contribution is -2.27. The van der Waals surface area contributed by atoms with Gasteiger partial charge in [-0.2, -0.15) is 0 Å². The molecule has 6 heteroatoms. The number of thiophene rings is 1. The Balaban J connectivity index is 2.09. The van der Waals surface area contributed by atoms with E-state index in [0.29, 0.717) is 23.4 Å². The number of aromatic nitrogens is 2. The predicted octanol–water partition coefficient (Wildman–Crippen LogP) is 3.59. The first-order valence-corrected chi connectivity index (χ1v) is 9.32. The summed E-state index contributed by atoms with van der Waals surface area (Å²) in [5.74, 6) is 0.762.